The van der Waals surface area contributed by atoms with Crippen LogP contribution in [0.1, 0.15) is 5.56 Å². The molecule has 0 aliphatic rings. The van der Waals surface area contributed by atoms with E-state index in [1.807, 2.05) is 25.1 Å². The van der Waals surface area contributed by atoms with Gasteiger partial charge in [0.15, 0.2) is 5.82 Å². The van der Waals surface area contributed by atoms with Gasteiger partial charge in [0.05, 0.1) is 5.69 Å². The van der Waals surface area contributed by atoms with Gasteiger partial charge in [-0.25, -0.2) is 18.4 Å². The Balaban J connectivity index is 1.78. The van der Waals surface area contributed by atoms with E-state index < -0.39 is 13.0 Å². The lowest BCUT2D eigenvalue weighted by atomic mass is 10.1. The predicted octanol–water partition coefficient (Wildman–Crippen LogP) is 3.47. The first-order chi connectivity index (χ1) is 11.5. The lowest BCUT2D eigenvalue weighted by molar-refractivity contribution is 0.0819. The summed E-state index contributed by atoms with van der Waals surface area (Å²) >= 11 is 0. The maximum Gasteiger partial charge on any atom is 0.272 e. The number of benzene rings is 2. The SMILES string of the molecule is Cc1cc(-c2ncn(-c3ccc(OCC(F)F)cc3)n2)ccc1N. The summed E-state index contributed by atoms with van der Waals surface area (Å²) in [4.78, 5) is 4.30. The number of aromatic nitrogens is 3. The van der Waals surface area contributed by atoms with E-state index in [9.17, 15) is 8.78 Å². The van der Waals surface area contributed by atoms with E-state index in [1.165, 1.54) is 0 Å². The van der Waals surface area contributed by atoms with Crippen molar-refractivity contribution in [3.63, 3.8) is 0 Å². The zero-order valence-electron chi connectivity index (χ0n) is 13.0. The first kappa shape index (κ1) is 15.9. The Morgan fingerprint density at radius 2 is 1.92 bits per heavy atom. The van der Waals surface area contributed by atoms with Crippen molar-refractivity contribution >= 4 is 5.69 Å². The van der Waals surface area contributed by atoms with Crippen LogP contribution in [0, 0.1) is 6.92 Å². The quantitative estimate of drug-likeness (QED) is 0.728. The van der Waals surface area contributed by atoms with E-state index in [2.05, 4.69) is 10.1 Å². The maximum absolute atomic E-state index is 12.1. The summed E-state index contributed by atoms with van der Waals surface area (Å²) < 4.78 is 30.8. The van der Waals surface area contributed by atoms with Crippen LogP contribution in [-0.4, -0.2) is 27.8 Å². The summed E-state index contributed by atoms with van der Waals surface area (Å²) in [7, 11) is 0. The second-order valence-electron chi connectivity index (χ2n) is 5.28. The van der Waals surface area contributed by atoms with Gasteiger partial charge in [0.25, 0.3) is 6.43 Å². The largest absolute Gasteiger partial charge is 0.488 e. The average molecular weight is 330 g/mol. The van der Waals surface area contributed by atoms with Gasteiger partial charge in [0, 0.05) is 11.3 Å². The molecular formula is C17H16F2N4O. The topological polar surface area (TPSA) is 66.0 Å². The Bertz CT molecular complexity index is 831. The van der Waals surface area contributed by atoms with Crippen LogP contribution in [0.25, 0.3) is 17.1 Å². The van der Waals surface area contributed by atoms with Crippen molar-refractivity contribution in [2.45, 2.75) is 13.3 Å². The highest BCUT2D eigenvalue weighted by atomic mass is 19.3. The second-order valence-corrected chi connectivity index (χ2v) is 5.28. The summed E-state index contributed by atoms with van der Waals surface area (Å²) in [5, 5.41) is 4.43. The van der Waals surface area contributed by atoms with Crippen molar-refractivity contribution in [3.8, 4) is 22.8 Å². The summed E-state index contributed by atoms with van der Waals surface area (Å²) in [5.41, 5.74) is 9.13. The number of ether oxygens (including phenoxy) is 1. The van der Waals surface area contributed by atoms with Gasteiger partial charge >= 0.3 is 0 Å². The molecule has 1 heterocycles. The lowest BCUT2D eigenvalue weighted by Crippen LogP contribution is -2.06. The van der Waals surface area contributed by atoms with Crippen LogP contribution in [0.3, 0.4) is 0 Å². The van der Waals surface area contributed by atoms with E-state index in [-0.39, 0.29) is 0 Å². The molecule has 0 unspecified atom stereocenters. The molecular weight excluding hydrogens is 314 g/mol. The molecule has 0 amide bonds. The first-order valence-corrected chi connectivity index (χ1v) is 7.32. The molecule has 5 nitrogen and oxygen atoms in total. The zero-order valence-corrected chi connectivity index (χ0v) is 13.0. The fraction of sp³-hybridized carbons (Fsp3) is 0.176. The van der Waals surface area contributed by atoms with Gasteiger partial charge in [0.1, 0.15) is 18.7 Å². The highest BCUT2D eigenvalue weighted by Gasteiger charge is 2.08. The molecule has 0 aliphatic heterocycles. The summed E-state index contributed by atoms with van der Waals surface area (Å²) in [5.74, 6) is 0.963. The molecule has 0 fully saturated rings. The molecule has 24 heavy (non-hydrogen) atoms. The van der Waals surface area contributed by atoms with E-state index >= 15 is 0 Å². The van der Waals surface area contributed by atoms with Crippen molar-refractivity contribution in [1.29, 1.82) is 0 Å². The van der Waals surface area contributed by atoms with E-state index in [0.717, 1.165) is 22.5 Å². The van der Waals surface area contributed by atoms with Crippen LogP contribution in [-0.2, 0) is 0 Å². The first-order valence-electron chi connectivity index (χ1n) is 7.32. The molecule has 0 aliphatic carbocycles. The van der Waals surface area contributed by atoms with Gasteiger partial charge in [0.2, 0.25) is 0 Å². The van der Waals surface area contributed by atoms with Crippen molar-refractivity contribution in [2.24, 2.45) is 0 Å². The summed E-state index contributed by atoms with van der Waals surface area (Å²) in [6.45, 7) is 1.30. The predicted molar refractivity (Wildman–Crippen MR) is 87.4 cm³/mol. The van der Waals surface area contributed by atoms with Crippen molar-refractivity contribution in [2.75, 3.05) is 12.3 Å². The molecule has 2 aromatic carbocycles. The van der Waals surface area contributed by atoms with Crippen molar-refractivity contribution in [3.05, 3.63) is 54.4 Å². The van der Waals surface area contributed by atoms with Gasteiger partial charge in [-0.2, -0.15) is 0 Å². The molecule has 0 saturated heterocycles. The van der Waals surface area contributed by atoms with Crippen LogP contribution in [0.2, 0.25) is 0 Å². The van der Waals surface area contributed by atoms with Gasteiger partial charge in [-0.3, -0.25) is 0 Å². The zero-order chi connectivity index (χ0) is 17.1. The number of nitrogens with zero attached hydrogens (tertiary/aromatic N) is 3. The number of anilines is 1. The normalized spacial score (nSPS) is 11.0. The number of alkyl halides is 2. The Morgan fingerprint density at radius 3 is 2.58 bits per heavy atom. The fourth-order valence-electron chi connectivity index (χ4n) is 2.19. The van der Waals surface area contributed by atoms with Crippen LogP contribution in [0.5, 0.6) is 5.75 Å². The van der Waals surface area contributed by atoms with Crippen LogP contribution >= 0.6 is 0 Å². The fourth-order valence-corrected chi connectivity index (χ4v) is 2.19. The summed E-state index contributed by atoms with van der Waals surface area (Å²) in [6, 6.07) is 12.3. The number of hydrogen-bond donors (Lipinski definition) is 1. The number of halogens is 2. The minimum absolute atomic E-state index is 0.383. The molecule has 0 radical (unpaired) electrons. The highest BCUT2D eigenvalue weighted by molar-refractivity contribution is 5.61. The minimum atomic E-state index is -2.49. The van der Waals surface area contributed by atoms with Gasteiger partial charge in [-0.1, -0.05) is 0 Å². The average Bonchev–Trinajstić information content (AvgIpc) is 3.06. The maximum atomic E-state index is 12.1. The van der Waals surface area contributed by atoms with Crippen LogP contribution in [0.15, 0.2) is 48.8 Å². The Hall–Kier alpha value is -2.96. The van der Waals surface area contributed by atoms with Gasteiger partial charge in [-0.05, 0) is 55.0 Å². The molecule has 0 saturated carbocycles. The van der Waals surface area contributed by atoms with Gasteiger partial charge in [-0.15, -0.1) is 5.10 Å². The second kappa shape index (κ2) is 6.66. The number of nitrogens with two attached hydrogens (primary N) is 1. The third-order valence-corrected chi connectivity index (χ3v) is 3.50. The smallest absolute Gasteiger partial charge is 0.272 e. The Morgan fingerprint density at radius 1 is 1.17 bits per heavy atom. The molecule has 0 bridgehead atoms. The van der Waals surface area contributed by atoms with E-state index in [4.69, 9.17) is 10.5 Å². The van der Waals surface area contributed by atoms with Crippen molar-refractivity contribution < 1.29 is 13.5 Å². The van der Waals surface area contributed by atoms with Crippen molar-refractivity contribution in [1.82, 2.24) is 14.8 Å². The van der Waals surface area contributed by atoms with E-state index in [0.29, 0.717) is 11.6 Å². The molecule has 3 aromatic rings. The lowest BCUT2D eigenvalue weighted by Gasteiger charge is -2.06. The molecule has 3 rings (SSSR count). The number of rotatable bonds is 5. The number of hydrogen-bond acceptors (Lipinski definition) is 4. The monoisotopic (exact) mass is 330 g/mol. The highest BCUT2D eigenvalue weighted by Crippen LogP contribution is 2.21. The van der Waals surface area contributed by atoms with E-state index in [1.54, 1.807) is 35.3 Å². The molecule has 124 valence electrons. The Labute approximate surface area is 137 Å². The molecule has 7 heteroatoms. The Kier molecular flexibility index (Phi) is 4.41. The summed E-state index contributed by atoms with van der Waals surface area (Å²) in [6.07, 6.45) is -0.901. The van der Waals surface area contributed by atoms with Crippen LogP contribution < -0.4 is 10.5 Å². The minimum Gasteiger partial charge on any atom is -0.488 e. The van der Waals surface area contributed by atoms with Gasteiger partial charge < -0.3 is 10.5 Å². The standard InChI is InChI=1S/C17H16F2N4O/c1-11-8-12(2-7-15(11)20)17-21-10-23(22-17)13-3-5-14(6-4-13)24-9-16(18)19/h2-8,10,16H,9,20H2,1H3. The number of aryl methyl sites for hydroxylation is 1. The number of nitrogen functional groups attached to an aromatic ring is 1. The third-order valence-electron chi connectivity index (χ3n) is 3.50. The van der Waals surface area contributed by atoms with Crippen LogP contribution in [0.4, 0.5) is 14.5 Å². The molecule has 1 aromatic heterocycles. The molecule has 0 atom stereocenters. The molecule has 2 N–H and O–H groups in total. The molecule has 0 spiro atoms. The third kappa shape index (κ3) is 3.51.